The molecule has 1 aromatic carbocycles. The molecule has 0 aliphatic carbocycles. The van der Waals surface area contributed by atoms with Crippen molar-refractivity contribution >= 4 is 17.6 Å². The second-order valence-corrected chi connectivity index (χ2v) is 4.53. The van der Waals surface area contributed by atoms with Crippen molar-refractivity contribution in [3.05, 3.63) is 34.9 Å². The van der Waals surface area contributed by atoms with Crippen LogP contribution in [0.3, 0.4) is 0 Å². The van der Waals surface area contributed by atoms with Crippen LogP contribution in [0.4, 0.5) is 0 Å². The molecule has 0 amide bonds. The van der Waals surface area contributed by atoms with Crippen molar-refractivity contribution in [2.75, 3.05) is 6.54 Å². The van der Waals surface area contributed by atoms with Gasteiger partial charge in [0.05, 0.1) is 0 Å². The molecule has 1 aliphatic heterocycles. The summed E-state index contributed by atoms with van der Waals surface area (Å²) in [7, 11) is 0. The first-order valence-electron chi connectivity index (χ1n) is 5.38. The van der Waals surface area contributed by atoms with Gasteiger partial charge in [0, 0.05) is 11.6 Å². The van der Waals surface area contributed by atoms with Crippen molar-refractivity contribution < 1.29 is 9.90 Å². The largest absolute Gasteiger partial charge is 0.480 e. The number of carbonyl (C=O) groups is 1. The zero-order valence-electron chi connectivity index (χ0n) is 8.90. The van der Waals surface area contributed by atoms with E-state index in [4.69, 9.17) is 16.7 Å². The van der Waals surface area contributed by atoms with Crippen molar-refractivity contribution in [3.8, 4) is 0 Å². The Morgan fingerprint density at radius 3 is 3.06 bits per heavy atom. The molecule has 0 saturated carbocycles. The molecule has 1 aliphatic rings. The average Bonchev–Trinajstić information content (AvgIpc) is 2.66. The Kier molecular flexibility index (Phi) is 3.46. The van der Waals surface area contributed by atoms with Gasteiger partial charge in [0.2, 0.25) is 0 Å². The van der Waals surface area contributed by atoms with Gasteiger partial charge in [-0.25, -0.2) is 0 Å². The highest BCUT2D eigenvalue weighted by Gasteiger charge is 2.30. The normalized spacial score (nSPS) is 21.2. The monoisotopic (exact) mass is 239 g/mol. The molecule has 0 unspecified atom stereocenters. The zero-order chi connectivity index (χ0) is 11.5. The van der Waals surface area contributed by atoms with Crippen LogP contribution in [-0.2, 0) is 11.3 Å². The van der Waals surface area contributed by atoms with Crippen molar-refractivity contribution in [1.29, 1.82) is 0 Å². The van der Waals surface area contributed by atoms with Gasteiger partial charge in [-0.15, -0.1) is 0 Å². The summed E-state index contributed by atoms with van der Waals surface area (Å²) in [6, 6.07) is 7.24. The maximum Gasteiger partial charge on any atom is 0.320 e. The van der Waals surface area contributed by atoms with E-state index < -0.39 is 5.97 Å². The van der Waals surface area contributed by atoms with Crippen LogP contribution in [0.2, 0.25) is 5.02 Å². The highest BCUT2D eigenvalue weighted by molar-refractivity contribution is 6.30. The van der Waals surface area contributed by atoms with Gasteiger partial charge in [0.25, 0.3) is 0 Å². The molecule has 86 valence electrons. The predicted molar refractivity (Wildman–Crippen MR) is 62.5 cm³/mol. The number of rotatable bonds is 3. The first-order chi connectivity index (χ1) is 7.66. The molecule has 2 rings (SSSR count). The molecule has 0 aromatic heterocycles. The topological polar surface area (TPSA) is 40.5 Å². The van der Waals surface area contributed by atoms with Crippen LogP contribution in [-0.4, -0.2) is 28.6 Å². The molecule has 4 heteroatoms. The summed E-state index contributed by atoms with van der Waals surface area (Å²) in [5.41, 5.74) is 1.07. The summed E-state index contributed by atoms with van der Waals surface area (Å²) in [4.78, 5) is 13.0. The molecule has 1 atom stereocenters. The van der Waals surface area contributed by atoms with E-state index in [2.05, 4.69) is 0 Å². The lowest BCUT2D eigenvalue weighted by Crippen LogP contribution is -2.35. The minimum Gasteiger partial charge on any atom is -0.480 e. The Labute approximate surface area is 99.6 Å². The van der Waals surface area contributed by atoms with Crippen LogP contribution in [0.1, 0.15) is 18.4 Å². The lowest BCUT2D eigenvalue weighted by Gasteiger charge is -2.20. The average molecular weight is 240 g/mol. The molecular weight excluding hydrogens is 226 g/mol. The number of likely N-dealkylation sites (tertiary alicyclic amines) is 1. The SMILES string of the molecule is O=C(O)[C@@H]1CCCN1Cc1cccc(Cl)c1. The highest BCUT2D eigenvalue weighted by Crippen LogP contribution is 2.21. The molecule has 1 saturated heterocycles. The van der Waals surface area contributed by atoms with Crippen LogP contribution >= 0.6 is 11.6 Å². The van der Waals surface area contributed by atoms with E-state index in [0.29, 0.717) is 11.6 Å². The molecule has 1 fully saturated rings. The summed E-state index contributed by atoms with van der Waals surface area (Å²) >= 11 is 5.89. The summed E-state index contributed by atoms with van der Waals surface area (Å²) in [6.45, 7) is 1.51. The lowest BCUT2D eigenvalue weighted by atomic mass is 10.2. The van der Waals surface area contributed by atoms with E-state index in [1.165, 1.54) is 0 Å². The molecular formula is C12H14ClNO2. The standard InChI is InChI=1S/C12H14ClNO2/c13-10-4-1-3-9(7-10)8-14-6-2-5-11(14)12(15)16/h1,3-4,7,11H,2,5-6,8H2,(H,15,16)/t11-/m0/s1. The van der Waals surface area contributed by atoms with Crippen molar-refractivity contribution in [2.45, 2.75) is 25.4 Å². The maximum atomic E-state index is 11.0. The quantitative estimate of drug-likeness (QED) is 0.881. The fourth-order valence-electron chi connectivity index (χ4n) is 2.16. The number of nitrogens with zero attached hydrogens (tertiary/aromatic N) is 1. The minimum absolute atomic E-state index is 0.334. The Bertz CT molecular complexity index is 394. The number of carboxylic acid groups (broad SMARTS) is 1. The number of carboxylic acids is 1. The third-order valence-electron chi connectivity index (χ3n) is 2.92. The van der Waals surface area contributed by atoms with E-state index >= 15 is 0 Å². The molecule has 0 radical (unpaired) electrons. The predicted octanol–water partition coefficient (Wildman–Crippen LogP) is 2.39. The molecule has 16 heavy (non-hydrogen) atoms. The highest BCUT2D eigenvalue weighted by atomic mass is 35.5. The van der Waals surface area contributed by atoms with Gasteiger partial charge in [-0.1, -0.05) is 23.7 Å². The molecule has 1 heterocycles. The molecule has 1 N–H and O–H groups in total. The van der Waals surface area contributed by atoms with E-state index in [-0.39, 0.29) is 6.04 Å². The fourth-order valence-corrected chi connectivity index (χ4v) is 2.38. The number of halogens is 1. The second-order valence-electron chi connectivity index (χ2n) is 4.10. The lowest BCUT2D eigenvalue weighted by molar-refractivity contribution is -0.142. The summed E-state index contributed by atoms with van der Waals surface area (Å²) in [6.07, 6.45) is 1.70. The summed E-state index contributed by atoms with van der Waals surface area (Å²) in [5.74, 6) is -0.723. The Morgan fingerprint density at radius 1 is 1.56 bits per heavy atom. The third kappa shape index (κ3) is 2.54. The van der Waals surface area contributed by atoms with Crippen molar-refractivity contribution in [2.24, 2.45) is 0 Å². The number of hydrogen-bond donors (Lipinski definition) is 1. The van der Waals surface area contributed by atoms with Crippen molar-refractivity contribution in [1.82, 2.24) is 4.90 Å². The number of hydrogen-bond acceptors (Lipinski definition) is 2. The van der Waals surface area contributed by atoms with Gasteiger partial charge in [-0.3, -0.25) is 9.69 Å². The minimum atomic E-state index is -0.723. The fraction of sp³-hybridized carbons (Fsp3) is 0.417. The third-order valence-corrected chi connectivity index (χ3v) is 3.16. The Balaban J connectivity index is 2.06. The zero-order valence-corrected chi connectivity index (χ0v) is 9.65. The first kappa shape index (κ1) is 11.4. The van der Waals surface area contributed by atoms with Gasteiger partial charge in [-0.2, -0.15) is 0 Å². The van der Waals surface area contributed by atoms with E-state index in [1.807, 2.05) is 29.2 Å². The summed E-state index contributed by atoms with van der Waals surface area (Å²) in [5, 5.41) is 9.75. The van der Waals surface area contributed by atoms with Gasteiger partial charge >= 0.3 is 5.97 Å². The molecule has 0 spiro atoms. The Hall–Kier alpha value is -1.06. The molecule has 1 aromatic rings. The van der Waals surface area contributed by atoms with Gasteiger partial charge in [-0.05, 0) is 37.1 Å². The van der Waals surface area contributed by atoms with E-state index in [9.17, 15) is 4.79 Å². The van der Waals surface area contributed by atoms with Gasteiger partial charge in [0.1, 0.15) is 6.04 Å². The summed E-state index contributed by atoms with van der Waals surface area (Å²) < 4.78 is 0. The van der Waals surface area contributed by atoms with Crippen LogP contribution < -0.4 is 0 Å². The van der Waals surface area contributed by atoms with Crippen LogP contribution in [0, 0.1) is 0 Å². The van der Waals surface area contributed by atoms with Gasteiger partial charge < -0.3 is 5.11 Å². The first-order valence-corrected chi connectivity index (χ1v) is 5.76. The maximum absolute atomic E-state index is 11.0. The number of benzene rings is 1. The van der Waals surface area contributed by atoms with Crippen LogP contribution in [0.5, 0.6) is 0 Å². The second kappa shape index (κ2) is 4.85. The Morgan fingerprint density at radius 2 is 2.38 bits per heavy atom. The smallest absolute Gasteiger partial charge is 0.320 e. The molecule has 3 nitrogen and oxygen atoms in total. The van der Waals surface area contributed by atoms with Crippen LogP contribution in [0.15, 0.2) is 24.3 Å². The van der Waals surface area contributed by atoms with E-state index in [0.717, 1.165) is 24.9 Å². The van der Waals surface area contributed by atoms with Crippen LogP contribution in [0.25, 0.3) is 0 Å². The van der Waals surface area contributed by atoms with E-state index in [1.54, 1.807) is 0 Å². The molecule has 0 bridgehead atoms. The number of aliphatic carboxylic acids is 1. The van der Waals surface area contributed by atoms with Crippen molar-refractivity contribution in [3.63, 3.8) is 0 Å². The van der Waals surface area contributed by atoms with Gasteiger partial charge in [0.15, 0.2) is 0 Å².